The van der Waals surface area contributed by atoms with Crippen molar-refractivity contribution >= 4 is 17.6 Å². The highest BCUT2D eigenvalue weighted by atomic mass is 16.3. The average Bonchev–Trinajstić information content (AvgIpc) is 3.29. The van der Waals surface area contributed by atoms with E-state index in [4.69, 9.17) is 4.42 Å². The summed E-state index contributed by atoms with van der Waals surface area (Å²) in [4.78, 5) is 32.6. The van der Waals surface area contributed by atoms with Crippen LogP contribution >= 0.6 is 0 Å². The van der Waals surface area contributed by atoms with Crippen molar-refractivity contribution < 1.29 is 14.0 Å². The normalized spacial score (nSPS) is 23.9. The molecule has 23 heavy (non-hydrogen) atoms. The van der Waals surface area contributed by atoms with E-state index in [0.717, 1.165) is 6.42 Å². The fourth-order valence-electron chi connectivity index (χ4n) is 3.56. The maximum Gasteiger partial charge on any atom is 0.289 e. The van der Waals surface area contributed by atoms with Gasteiger partial charge in [0.05, 0.1) is 6.26 Å². The molecular formula is C17H17N3O3. The molecule has 0 N–H and O–H groups in total. The van der Waals surface area contributed by atoms with Crippen LogP contribution < -0.4 is 4.90 Å². The van der Waals surface area contributed by atoms with Crippen molar-refractivity contribution in [3.8, 4) is 0 Å². The van der Waals surface area contributed by atoms with E-state index in [2.05, 4.69) is 4.98 Å². The first-order valence-electron chi connectivity index (χ1n) is 7.71. The minimum atomic E-state index is -0.170. The topological polar surface area (TPSA) is 66.7 Å². The van der Waals surface area contributed by atoms with Gasteiger partial charge in [-0.15, -0.1) is 0 Å². The van der Waals surface area contributed by atoms with Crippen LogP contribution in [0, 0.1) is 5.41 Å². The lowest BCUT2D eigenvalue weighted by molar-refractivity contribution is -0.117. The number of rotatable bonds is 2. The van der Waals surface area contributed by atoms with Crippen molar-refractivity contribution in [1.82, 2.24) is 9.88 Å². The molecule has 2 saturated heterocycles. The van der Waals surface area contributed by atoms with Gasteiger partial charge in [0.15, 0.2) is 5.76 Å². The Hall–Kier alpha value is -2.63. The largest absolute Gasteiger partial charge is 0.459 e. The molecule has 6 heteroatoms. The zero-order chi connectivity index (χ0) is 15.9. The molecule has 0 bridgehead atoms. The summed E-state index contributed by atoms with van der Waals surface area (Å²) < 4.78 is 5.19. The van der Waals surface area contributed by atoms with Crippen molar-refractivity contribution in [2.75, 3.05) is 24.5 Å². The Balaban J connectivity index is 1.51. The van der Waals surface area contributed by atoms with Gasteiger partial charge in [-0.3, -0.25) is 14.5 Å². The second kappa shape index (κ2) is 5.22. The van der Waals surface area contributed by atoms with Gasteiger partial charge in [0, 0.05) is 37.7 Å². The number of likely N-dealkylation sites (tertiary alicyclic amines) is 1. The lowest BCUT2D eigenvalue weighted by atomic mass is 9.86. The molecule has 0 unspecified atom stereocenters. The first-order valence-corrected chi connectivity index (χ1v) is 7.71. The van der Waals surface area contributed by atoms with Crippen LogP contribution in [0.5, 0.6) is 0 Å². The summed E-state index contributed by atoms with van der Waals surface area (Å²) >= 11 is 0. The van der Waals surface area contributed by atoms with E-state index in [1.807, 2.05) is 18.2 Å². The van der Waals surface area contributed by atoms with E-state index in [9.17, 15) is 9.59 Å². The first-order chi connectivity index (χ1) is 11.2. The van der Waals surface area contributed by atoms with Gasteiger partial charge >= 0.3 is 0 Å². The quantitative estimate of drug-likeness (QED) is 0.850. The second-order valence-corrected chi connectivity index (χ2v) is 6.30. The molecule has 1 spiro atoms. The van der Waals surface area contributed by atoms with Crippen LogP contribution in [0.15, 0.2) is 47.2 Å². The minimum Gasteiger partial charge on any atom is -0.459 e. The zero-order valence-corrected chi connectivity index (χ0v) is 12.6. The molecule has 2 aliphatic heterocycles. The summed E-state index contributed by atoms with van der Waals surface area (Å²) in [6.45, 7) is 1.86. The predicted octanol–water partition coefficient (Wildman–Crippen LogP) is 1.94. The van der Waals surface area contributed by atoms with Crippen molar-refractivity contribution in [2.45, 2.75) is 12.8 Å². The highest BCUT2D eigenvalue weighted by molar-refractivity contribution is 5.96. The molecule has 118 valence electrons. The van der Waals surface area contributed by atoms with Gasteiger partial charge in [-0.2, -0.15) is 0 Å². The van der Waals surface area contributed by atoms with Crippen molar-refractivity contribution in [2.24, 2.45) is 5.41 Å². The molecule has 0 aromatic carbocycles. The molecule has 4 heterocycles. The first kappa shape index (κ1) is 14.0. The van der Waals surface area contributed by atoms with Crippen LogP contribution in [-0.2, 0) is 4.79 Å². The van der Waals surface area contributed by atoms with Crippen LogP contribution in [0.2, 0.25) is 0 Å². The molecule has 2 aromatic heterocycles. The minimum absolute atomic E-state index is 0.0796. The summed E-state index contributed by atoms with van der Waals surface area (Å²) in [5, 5.41) is 0. The molecule has 0 saturated carbocycles. The molecule has 2 aliphatic rings. The predicted molar refractivity (Wildman–Crippen MR) is 82.9 cm³/mol. The average molecular weight is 311 g/mol. The third kappa shape index (κ3) is 2.40. The third-order valence-electron chi connectivity index (χ3n) is 4.70. The Kier molecular flexibility index (Phi) is 3.18. The van der Waals surface area contributed by atoms with Gasteiger partial charge in [-0.05, 0) is 30.7 Å². The van der Waals surface area contributed by atoms with E-state index in [1.165, 1.54) is 6.26 Å². The van der Waals surface area contributed by atoms with Crippen molar-refractivity contribution in [3.63, 3.8) is 0 Å². The molecule has 2 aromatic rings. The molecule has 1 atom stereocenters. The van der Waals surface area contributed by atoms with Crippen molar-refractivity contribution in [1.29, 1.82) is 0 Å². The van der Waals surface area contributed by atoms with Gasteiger partial charge in [0.2, 0.25) is 5.91 Å². The number of furan rings is 1. The smallest absolute Gasteiger partial charge is 0.289 e. The van der Waals surface area contributed by atoms with Crippen molar-refractivity contribution in [3.05, 3.63) is 48.6 Å². The Morgan fingerprint density at radius 1 is 1.22 bits per heavy atom. The molecular weight excluding hydrogens is 294 g/mol. The monoisotopic (exact) mass is 311 g/mol. The Morgan fingerprint density at radius 2 is 2.13 bits per heavy atom. The number of anilines is 1. The van der Waals surface area contributed by atoms with E-state index in [1.54, 1.807) is 28.1 Å². The lowest BCUT2D eigenvalue weighted by Gasteiger charge is -2.23. The molecule has 0 aliphatic carbocycles. The Morgan fingerprint density at radius 3 is 2.87 bits per heavy atom. The van der Waals surface area contributed by atoms with Gasteiger partial charge in [0.25, 0.3) is 5.91 Å². The number of nitrogens with zero attached hydrogens (tertiary/aromatic N) is 3. The lowest BCUT2D eigenvalue weighted by Crippen LogP contribution is -2.34. The summed E-state index contributed by atoms with van der Waals surface area (Å²) in [6.07, 6.45) is 4.48. The molecule has 2 amide bonds. The summed E-state index contributed by atoms with van der Waals surface area (Å²) in [5.74, 6) is 1.02. The number of aromatic nitrogens is 1. The fraction of sp³-hybridized carbons (Fsp3) is 0.353. The maximum atomic E-state index is 12.4. The van der Waals surface area contributed by atoms with Crippen LogP contribution in [0.3, 0.4) is 0 Å². The third-order valence-corrected chi connectivity index (χ3v) is 4.70. The van der Waals surface area contributed by atoms with E-state index >= 15 is 0 Å². The Bertz CT molecular complexity index is 729. The number of carbonyl (C=O) groups is 2. The van der Waals surface area contributed by atoms with Gasteiger partial charge in [-0.25, -0.2) is 4.98 Å². The van der Waals surface area contributed by atoms with Crippen LogP contribution in [-0.4, -0.2) is 41.3 Å². The summed E-state index contributed by atoms with van der Waals surface area (Å²) in [7, 11) is 0. The van der Waals surface area contributed by atoms with Crippen LogP contribution in [0.4, 0.5) is 5.82 Å². The maximum absolute atomic E-state index is 12.4. The van der Waals surface area contributed by atoms with E-state index < -0.39 is 0 Å². The second-order valence-electron chi connectivity index (χ2n) is 6.30. The highest BCUT2D eigenvalue weighted by Gasteiger charge is 2.49. The number of amides is 2. The standard InChI is InChI=1S/C17H17N3O3/c21-15-10-17(12-20(15)14-5-1-2-7-18-14)6-8-19(11-17)16(22)13-4-3-9-23-13/h1-5,7,9H,6,8,10-12H2/t17-/m1/s1. The van der Waals surface area contributed by atoms with Gasteiger partial charge in [-0.1, -0.05) is 6.07 Å². The van der Waals surface area contributed by atoms with E-state index in [0.29, 0.717) is 37.6 Å². The van der Waals surface area contributed by atoms with Gasteiger partial charge in [0.1, 0.15) is 5.82 Å². The van der Waals surface area contributed by atoms with Crippen LogP contribution in [0.1, 0.15) is 23.4 Å². The summed E-state index contributed by atoms with van der Waals surface area (Å²) in [6, 6.07) is 8.94. The summed E-state index contributed by atoms with van der Waals surface area (Å²) in [5.41, 5.74) is -0.170. The zero-order valence-electron chi connectivity index (χ0n) is 12.6. The molecule has 6 nitrogen and oxygen atoms in total. The van der Waals surface area contributed by atoms with Crippen LogP contribution in [0.25, 0.3) is 0 Å². The number of hydrogen-bond acceptors (Lipinski definition) is 4. The molecule has 4 rings (SSSR count). The molecule has 0 radical (unpaired) electrons. The SMILES string of the molecule is O=C(c1ccco1)N1CC[C@@]2(CC(=O)N(c3ccccn3)C2)C1. The number of hydrogen-bond donors (Lipinski definition) is 0. The molecule has 2 fully saturated rings. The van der Waals surface area contributed by atoms with E-state index in [-0.39, 0.29) is 17.2 Å². The number of carbonyl (C=O) groups excluding carboxylic acids is 2. The highest BCUT2D eigenvalue weighted by Crippen LogP contribution is 2.41. The number of pyridine rings is 1. The van der Waals surface area contributed by atoms with Gasteiger partial charge < -0.3 is 9.32 Å². The fourth-order valence-corrected chi connectivity index (χ4v) is 3.56. The Labute approximate surface area is 133 Å².